The molecule has 0 aromatic rings. The Labute approximate surface area is 77.5 Å². The molecule has 0 amide bonds. The van der Waals surface area contributed by atoms with Crippen molar-refractivity contribution in [3.05, 3.63) is 6.61 Å². The summed E-state index contributed by atoms with van der Waals surface area (Å²) in [6.45, 7) is 7.33. The maximum atomic E-state index is 5.36. The van der Waals surface area contributed by atoms with Gasteiger partial charge in [-0.1, -0.05) is 46.0 Å². The number of unbranched alkanes of at least 4 members (excludes halogenated alkanes) is 5. The van der Waals surface area contributed by atoms with Crippen molar-refractivity contribution in [3.63, 3.8) is 0 Å². The Morgan fingerprint density at radius 2 is 1.58 bits per heavy atom. The highest BCUT2D eigenvalue weighted by Gasteiger charge is 1.90. The molecule has 0 heterocycles. The minimum atomic E-state index is 0.917. The van der Waals surface area contributed by atoms with Crippen LogP contribution in [-0.4, -0.2) is 6.61 Å². The van der Waals surface area contributed by atoms with Crippen LogP contribution < -0.4 is 0 Å². The molecule has 0 fully saturated rings. The number of hydrogen-bond donors (Lipinski definition) is 0. The van der Waals surface area contributed by atoms with Crippen LogP contribution >= 0.6 is 0 Å². The van der Waals surface area contributed by atoms with E-state index in [1.54, 1.807) is 0 Å². The van der Waals surface area contributed by atoms with Crippen molar-refractivity contribution in [3.8, 4) is 0 Å². The fourth-order valence-electron chi connectivity index (χ4n) is 1.08. The fraction of sp³-hybridized carbons (Fsp3) is 0.909. The maximum absolute atomic E-state index is 5.36. The van der Waals surface area contributed by atoms with Crippen LogP contribution in [0.4, 0.5) is 0 Å². The van der Waals surface area contributed by atoms with Crippen LogP contribution in [0.1, 0.15) is 58.8 Å². The van der Waals surface area contributed by atoms with Gasteiger partial charge in [0, 0.05) is 6.61 Å². The second kappa shape index (κ2) is 11.0. The highest BCUT2D eigenvalue weighted by Crippen LogP contribution is 2.03. The van der Waals surface area contributed by atoms with Crippen LogP contribution in [0.5, 0.6) is 0 Å². The van der Waals surface area contributed by atoms with E-state index in [1.165, 1.54) is 38.5 Å². The van der Waals surface area contributed by atoms with E-state index in [1.807, 2.05) is 6.61 Å². The lowest BCUT2D eigenvalue weighted by Crippen LogP contribution is -1.91. The zero-order chi connectivity index (χ0) is 9.07. The van der Waals surface area contributed by atoms with E-state index in [4.69, 9.17) is 4.74 Å². The quantitative estimate of drug-likeness (QED) is 0.477. The lowest BCUT2D eigenvalue weighted by molar-refractivity contribution is 0.184. The monoisotopic (exact) mass is 171 g/mol. The molecule has 0 aliphatic rings. The van der Waals surface area contributed by atoms with E-state index in [-0.39, 0.29) is 0 Å². The van der Waals surface area contributed by atoms with Crippen molar-refractivity contribution in [2.24, 2.45) is 0 Å². The Balaban J connectivity index is 2.73. The summed E-state index contributed by atoms with van der Waals surface area (Å²) in [7, 11) is 0. The number of rotatable bonds is 9. The molecule has 0 unspecified atom stereocenters. The smallest absolute Gasteiger partial charge is 0.0836 e. The number of ether oxygens (including phenoxy) is 1. The predicted molar refractivity (Wildman–Crippen MR) is 53.9 cm³/mol. The van der Waals surface area contributed by atoms with Gasteiger partial charge in [0.05, 0.1) is 6.61 Å². The molecule has 0 spiro atoms. The standard InChI is InChI=1S/C11H23O/c1-3-5-7-9-11-12-10-8-6-4-2/h11H,3-10H2,1-2H3. The average Bonchev–Trinajstić information content (AvgIpc) is 2.10. The topological polar surface area (TPSA) is 9.23 Å². The molecule has 12 heavy (non-hydrogen) atoms. The summed E-state index contributed by atoms with van der Waals surface area (Å²) < 4.78 is 5.36. The van der Waals surface area contributed by atoms with Crippen LogP contribution in [0.15, 0.2) is 0 Å². The maximum Gasteiger partial charge on any atom is 0.0836 e. The van der Waals surface area contributed by atoms with Gasteiger partial charge in [0.25, 0.3) is 0 Å². The van der Waals surface area contributed by atoms with Gasteiger partial charge < -0.3 is 4.74 Å². The van der Waals surface area contributed by atoms with Crippen molar-refractivity contribution in [1.29, 1.82) is 0 Å². The Hall–Kier alpha value is -0.0400. The van der Waals surface area contributed by atoms with Crippen molar-refractivity contribution in [2.45, 2.75) is 58.8 Å². The van der Waals surface area contributed by atoms with Crippen LogP contribution in [0.2, 0.25) is 0 Å². The third-order valence-corrected chi connectivity index (χ3v) is 1.91. The van der Waals surface area contributed by atoms with Gasteiger partial charge in [0.1, 0.15) is 0 Å². The highest BCUT2D eigenvalue weighted by molar-refractivity contribution is 4.51. The Kier molecular flexibility index (Phi) is 10.9. The van der Waals surface area contributed by atoms with Gasteiger partial charge in [0.15, 0.2) is 0 Å². The summed E-state index contributed by atoms with van der Waals surface area (Å²) in [5, 5.41) is 0. The molecule has 0 atom stereocenters. The van der Waals surface area contributed by atoms with Crippen molar-refractivity contribution in [1.82, 2.24) is 0 Å². The summed E-state index contributed by atoms with van der Waals surface area (Å²) in [6.07, 6.45) is 8.81. The molecular formula is C11H23O. The summed E-state index contributed by atoms with van der Waals surface area (Å²) in [4.78, 5) is 0. The molecule has 0 aromatic heterocycles. The Bertz CT molecular complexity index is 61.4. The minimum absolute atomic E-state index is 0.917. The van der Waals surface area contributed by atoms with Crippen LogP contribution in [0.3, 0.4) is 0 Å². The number of hydrogen-bond acceptors (Lipinski definition) is 1. The first-order valence-electron chi connectivity index (χ1n) is 5.35. The Morgan fingerprint density at radius 1 is 0.917 bits per heavy atom. The molecular weight excluding hydrogens is 148 g/mol. The SMILES string of the molecule is CCCCC[CH]OCCCCC. The predicted octanol–water partition coefficient (Wildman–Crippen LogP) is 3.94. The normalized spacial score (nSPS) is 10.5. The molecule has 0 rings (SSSR count). The van der Waals surface area contributed by atoms with E-state index in [0.29, 0.717) is 0 Å². The fourth-order valence-corrected chi connectivity index (χ4v) is 1.08. The van der Waals surface area contributed by atoms with Crippen molar-refractivity contribution >= 4 is 0 Å². The first-order chi connectivity index (χ1) is 5.91. The van der Waals surface area contributed by atoms with Gasteiger partial charge >= 0.3 is 0 Å². The van der Waals surface area contributed by atoms with E-state index >= 15 is 0 Å². The molecule has 0 saturated heterocycles. The Morgan fingerprint density at radius 3 is 2.25 bits per heavy atom. The zero-order valence-electron chi connectivity index (χ0n) is 8.64. The second-order valence-corrected chi connectivity index (χ2v) is 3.24. The molecule has 0 aliphatic carbocycles. The van der Waals surface area contributed by atoms with Crippen LogP contribution in [-0.2, 0) is 4.74 Å². The molecule has 0 aliphatic heterocycles. The molecule has 1 nitrogen and oxygen atoms in total. The molecule has 1 heteroatoms. The average molecular weight is 171 g/mol. The van der Waals surface area contributed by atoms with E-state index in [2.05, 4.69) is 13.8 Å². The summed E-state index contributed by atoms with van der Waals surface area (Å²) >= 11 is 0. The third-order valence-electron chi connectivity index (χ3n) is 1.91. The van der Waals surface area contributed by atoms with Crippen LogP contribution in [0.25, 0.3) is 0 Å². The largest absolute Gasteiger partial charge is 0.376 e. The van der Waals surface area contributed by atoms with Gasteiger partial charge in [-0.05, 0) is 12.8 Å². The molecule has 1 radical (unpaired) electrons. The third kappa shape index (κ3) is 9.96. The molecule has 0 N–H and O–H groups in total. The van der Waals surface area contributed by atoms with Crippen LogP contribution in [0, 0.1) is 6.61 Å². The van der Waals surface area contributed by atoms with Gasteiger partial charge in [-0.25, -0.2) is 0 Å². The van der Waals surface area contributed by atoms with Gasteiger partial charge in [0.2, 0.25) is 0 Å². The molecule has 0 saturated carbocycles. The molecule has 0 aromatic carbocycles. The van der Waals surface area contributed by atoms with E-state index in [0.717, 1.165) is 13.0 Å². The van der Waals surface area contributed by atoms with Gasteiger partial charge in [-0.15, -0.1) is 0 Å². The first-order valence-corrected chi connectivity index (χ1v) is 5.35. The first kappa shape index (κ1) is 12.0. The van der Waals surface area contributed by atoms with E-state index < -0.39 is 0 Å². The lowest BCUT2D eigenvalue weighted by atomic mass is 10.2. The highest BCUT2D eigenvalue weighted by atomic mass is 16.5. The van der Waals surface area contributed by atoms with E-state index in [9.17, 15) is 0 Å². The second-order valence-electron chi connectivity index (χ2n) is 3.24. The summed E-state index contributed by atoms with van der Waals surface area (Å²) in [6, 6.07) is 0. The van der Waals surface area contributed by atoms with Gasteiger partial charge in [-0.2, -0.15) is 0 Å². The zero-order valence-corrected chi connectivity index (χ0v) is 8.64. The van der Waals surface area contributed by atoms with Crippen molar-refractivity contribution < 1.29 is 4.74 Å². The molecule has 73 valence electrons. The molecule has 0 bridgehead atoms. The minimum Gasteiger partial charge on any atom is -0.376 e. The summed E-state index contributed by atoms with van der Waals surface area (Å²) in [5.41, 5.74) is 0. The lowest BCUT2D eigenvalue weighted by Gasteiger charge is -2.01. The van der Waals surface area contributed by atoms with Crippen molar-refractivity contribution in [2.75, 3.05) is 6.61 Å². The van der Waals surface area contributed by atoms with Gasteiger partial charge in [-0.3, -0.25) is 0 Å². The summed E-state index contributed by atoms with van der Waals surface area (Å²) in [5.74, 6) is 0.